The molecular weight excluding hydrogens is 1760 g/mol. The topological polar surface area (TPSA) is 686 Å². The summed E-state index contributed by atoms with van der Waals surface area (Å²) < 4.78 is 0. The van der Waals surface area contributed by atoms with Gasteiger partial charge in [-0.15, -0.1) is 11.8 Å². The number of aromatic hydroxyl groups is 1. The summed E-state index contributed by atoms with van der Waals surface area (Å²) in [6, 6.07) is -3.82. The van der Waals surface area contributed by atoms with Crippen molar-refractivity contribution >= 4 is 146 Å². The maximum absolute atomic E-state index is 15.7. The van der Waals surface area contributed by atoms with Crippen LogP contribution >= 0.6 is 11.8 Å². The van der Waals surface area contributed by atoms with E-state index in [0.29, 0.717) is 69.5 Å². The van der Waals surface area contributed by atoms with Crippen LogP contribution in [0.3, 0.4) is 0 Å². The highest BCUT2D eigenvalue weighted by atomic mass is 32.2. The Kier molecular flexibility index (Phi) is 37.8. The number of primary amides is 3. The van der Waals surface area contributed by atoms with Crippen LogP contribution in [0.2, 0.25) is 0 Å². The summed E-state index contributed by atoms with van der Waals surface area (Å²) in [6.45, 7) is 2.63. The van der Waals surface area contributed by atoms with Crippen molar-refractivity contribution in [2.45, 2.75) is 221 Å². The van der Waals surface area contributed by atoms with Crippen LogP contribution in [0.15, 0.2) is 97.7 Å². The van der Waals surface area contributed by atoms with Gasteiger partial charge in [-0.3, -0.25) is 91.1 Å². The number of H-pyrrole nitrogens is 3. The number of nitrogens with two attached hydrogens (primary N) is 4. The number of carboxylic acids is 1. The number of amides is 18. The second-order valence-corrected chi connectivity index (χ2v) is 34.5. The summed E-state index contributed by atoms with van der Waals surface area (Å²) in [4.78, 5) is 293. The predicted octanol–water partition coefficient (Wildman–Crippen LogP) is -4.53. The first-order valence-electron chi connectivity index (χ1n) is 44.1. The van der Waals surface area contributed by atoms with Gasteiger partial charge in [-0.2, -0.15) is 0 Å². The van der Waals surface area contributed by atoms with E-state index >= 15 is 33.6 Å². The van der Waals surface area contributed by atoms with Gasteiger partial charge < -0.3 is 131 Å². The van der Waals surface area contributed by atoms with Crippen molar-refractivity contribution in [1.29, 1.82) is 0 Å². The molecule has 0 bridgehead atoms. The van der Waals surface area contributed by atoms with E-state index in [9.17, 15) is 72.9 Å². The van der Waals surface area contributed by atoms with Gasteiger partial charge in [0, 0.05) is 125 Å². The van der Waals surface area contributed by atoms with Gasteiger partial charge in [0.25, 0.3) is 0 Å². The summed E-state index contributed by atoms with van der Waals surface area (Å²) >= 11 is 0.698. The van der Waals surface area contributed by atoms with Gasteiger partial charge in [-0.25, -0.2) is 4.98 Å². The van der Waals surface area contributed by atoms with E-state index in [4.69, 9.17) is 22.9 Å². The number of aliphatic hydroxyl groups is 1. The summed E-state index contributed by atoms with van der Waals surface area (Å²) in [5.74, 6) is -21.3. The number of unbranched alkanes of at least 4 members (excludes halogenated alkanes) is 2. The van der Waals surface area contributed by atoms with Gasteiger partial charge >= 0.3 is 5.97 Å². The van der Waals surface area contributed by atoms with Crippen molar-refractivity contribution in [3.05, 3.63) is 120 Å². The summed E-state index contributed by atoms with van der Waals surface area (Å²) in [5, 5.41) is 58.3. The van der Waals surface area contributed by atoms with Crippen LogP contribution < -0.4 is 76.1 Å². The fraction of sp³-hybridized carbons (Fsp3) is 0.500. The fourth-order valence-electron chi connectivity index (χ4n) is 16.3. The zero-order valence-electron chi connectivity index (χ0n) is 75.2. The lowest BCUT2D eigenvalue weighted by Crippen LogP contribution is -2.62. The van der Waals surface area contributed by atoms with E-state index in [1.165, 1.54) is 64.9 Å². The molecule has 3 aliphatic heterocycles. The third-order valence-electron chi connectivity index (χ3n) is 23.7. The minimum atomic E-state index is -1.96. The Hall–Kier alpha value is -14.1. The molecule has 3 fully saturated rings. The van der Waals surface area contributed by atoms with E-state index in [1.54, 1.807) is 67.8 Å². The second kappa shape index (κ2) is 48.9. The largest absolute Gasteiger partial charge is 0.508 e. The lowest BCUT2D eigenvalue weighted by molar-refractivity contribution is -0.149. The Bertz CT molecular complexity index is 5260. The van der Waals surface area contributed by atoms with Crippen LogP contribution in [0.1, 0.15) is 127 Å². The molecule has 3 aromatic heterocycles. The molecule has 3 saturated heterocycles. The first-order valence-corrected chi connectivity index (χ1v) is 45.2. The molecule has 24 N–H and O–H groups in total. The van der Waals surface area contributed by atoms with Gasteiger partial charge in [0.2, 0.25) is 106 Å². The monoisotopic (exact) mass is 1880 g/mol. The number of nitrogens with one attached hydrogen (secondary N) is 13. The Morgan fingerprint density at radius 2 is 1.03 bits per heavy atom. The van der Waals surface area contributed by atoms with Gasteiger partial charge in [-0.1, -0.05) is 88.1 Å². The summed E-state index contributed by atoms with van der Waals surface area (Å²) in [5.41, 5.74) is 25.9. The molecule has 724 valence electrons. The third-order valence-corrected chi connectivity index (χ3v) is 24.8. The number of phenols is 1. The molecule has 0 spiro atoms. The molecule has 15 atom stereocenters. The predicted molar refractivity (Wildman–Crippen MR) is 484 cm³/mol. The quantitative estimate of drug-likeness (QED) is 0.0257. The zero-order chi connectivity index (χ0) is 97.9. The lowest BCUT2D eigenvalue weighted by Gasteiger charge is -2.36. The number of hydrogen-bond donors (Lipinski definition) is 20. The first-order chi connectivity index (χ1) is 63.8. The summed E-state index contributed by atoms with van der Waals surface area (Å²) in [6.07, 6.45) is 0.645. The molecule has 45 nitrogen and oxygen atoms in total. The highest BCUT2D eigenvalue weighted by molar-refractivity contribution is 8.00. The van der Waals surface area contributed by atoms with Crippen molar-refractivity contribution in [2.75, 3.05) is 58.8 Å². The average Bonchev–Trinajstić information content (AvgIpc) is 1.63. The number of hydrogen-bond acceptors (Lipinski definition) is 24. The standard InChI is InChI=1S/C88H119N23O22S/c1-7-9-20-66-81(126)99-57(27-28-74(118)119)77(122)106-65(76(121)96-41-72(92)116)43-134-44-73(117)98-60(30-47-23-25-51(112)26-24-47)84(129)107(4)46(3)75(120)102-62(35-70(90)114)86(131)110-29-15-22-67(110)82(127)101-59(33-50-40-93-45-97-50)79(124)104-63(36-71(91)115)87(132)111-42-52(113)34-69(111)83(128)100-58(31-48-38-94-55-18-13-11-16-53(48)55)78(123)105-64(37-89)80(125)103-61(32-49-39-95-56-19-14-12-17-54(49)56)85(130)109(6)68(21-10-8-2)88(133)108(66)5/h11-14,16-19,23-26,38-40,45-46,52,57-69,94-95,112-113H,7-10,15,20-22,27-37,41-44,89H2,1-6H3,(H2,90,114)(H2,91,115)(H2,92,116)(H,93,97)(H,96,121)(H,98,117)(H,99,126)(H,100,128)(H,101,127)(H,102,120)(H,103,125)(H,104,124)(H,105,123)(H,106,122)(H,118,119)/t46-,52+,57-,58-,59-,60-,61-,62-,63-,64-,65?,66-,67-,68-,69-/m0/s1. The van der Waals surface area contributed by atoms with Crippen LogP contribution in [0.5, 0.6) is 5.75 Å². The van der Waals surface area contributed by atoms with Gasteiger partial charge in [0.15, 0.2) is 0 Å². The molecule has 9 rings (SSSR count). The first kappa shape index (κ1) is 104. The molecule has 0 saturated carbocycles. The van der Waals surface area contributed by atoms with E-state index in [2.05, 4.69) is 73.1 Å². The molecular formula is C88H119N23O22S. The number of carboxylic acid groups (broad SMARTS) is 1. The number of phenolic OH excluding ortho intramolecular Hbond substituents is 1. The fourth-order valence-corrected chi connectivity index (χ4v) is 17.1. The van der Waals surface area contributed by atoms with E-state index < -0.39 is 273 Å². The van der Waals surface area contributed by atoms with Crippen LogP contribution in [0.4, 0.5) is 0 Å². The maximum atomic E-state index is 15.7. The number of fused-ring (bicyclic) bond motifs is 4. The average molecular weight is 1880 g/mol. The van der Waals surface area contributed by atoms with Gasteiger partial charge in [0.1, 0.15) is 90.3 Å². The Morgan fingerprint density at radius 1 is 0.522 bits per heavy atom. The number of imidazole rings is 1. The van der Waals surface area contributed by atoms with E-state index in [-0.39, 0.29) is 69.4 Å². The van der Waals surface area contributed by atoms with Crippen molar-refractivity contribution < 1.29 is 106 Å². The molecule has 0 radical (unpaired) electrons. The normalized spacial score (nSPS) is 24.8. The third kappa shape index (κ3) is 28.3. The number of aliphatic carboxylic acids is 1. The SMILES string of the molecule is CCCC[C@H]1C(=O)N(C)[C@@H](CCCC)C(=O)N[C@@H](CCC(=O)O)C(=O)NC(C(=O)NCC(N)=O)CSCC(=O)N[C@@H](Cc2ccc(O)cc2)C(=O)N(C)[C@@H](C)C(=O)N[C@@H](CC(N)=O)C(=O)N2CCC[C@H]2C(=O)N[C@@H](Cc2c[nH]cn2)C(=O)N[C@@H](CC(N)=O)C(=O)N2C[C@H](O)C[C@H]2C(=O)N[C@@H](Cc2c[nH]c3ccccc23)C(=O)N[C@@H](CN)C(=O)N[C@@H](Cc2c[nH]c3ccccc23)C(=O)N1C. The highest BCUT2D eigenvalue weighted by Gasteiger charge is 2.47. The minimum absolute atomic E-state index is 0.0439. The van der Waals surface area contributed by atoms with Crippen LogP contribution in [-0.4, -0.2) is 322 Å². The van der Waals surface area contributed by atoms with E-state index in [0.717, 1.165) is 24.5 Å². The van der Waals surface area contributed by atoms with Crippen LogP contribution in [0, 0.1) is 0 Å². The molecule has 1 unspecified atom stereocenters. The lowest BCUT2D eigenvalue weighted by atomic mass is 10.00. The second-order valence-electron chi connectivity index (χ2n) is 33.5. The molecule has 0 aliphatic carbocycles. The number of thioether (sulfide) groups is 1. The number of aromatic amines is 3. The minimum Gasteiger partial charge on any atom is -0.508 e. The number of aliphatic hydroxyl groups excluding tert-OH is 1. The summed E-state index contributed by atoms with van der Waals surface area (Å²) in [7, 11) is 3.78. The Morgan fingerprint density at radius 3 is 1.60 bits per heavy atom. The smallest absolute Gasteiger partial charge is 0.303 e. The maximum Gasteiger partial charge on any atom is 0.303 e. The highest BCUT2D eigenvalue weighted by Crippen LogP contribution is 2.28. The number of para-hydroxylation sites is 2. The molecule has 18 amide bonds. The number of benzene rings is 3. The van der Waals surface area contributed by atoms with Crippen molar-refractivity contribution in [1.82, 2.24) is 97.6 Å². The van der Waals surface area contributed by atoms with Crippen molar-refractivity contribution in [2.24, 2.45) is 22.9 Å². The Labute approximate surface area is 774 Å². The van der Waals surface area contributed by atoms with Crippen molar-refractivity contribution in [3.8, 4) is 5.75 Å². The number of rotatable bonds is 25. The number of likely N-dealkylation sites (N-methyl/N-ethyl adjacent to an activating group) is 3. The number of carbonyl (C=O) groups excluding carboxylic acids is 18. The molecule has 3 aliphatic rings. The number of aromatic nitrogens is 4. The zero-order valence-corrected chi connectivity index (χ0v) is 76.0. The molecule has 3 aromatic carbocycles. The van der Waals surface area contributed by atoms with E-state index in [1.807, 2.05) is 6.92 Å². The number of carbonyl (C=O) groups is 19. The van der Waals surface area contributed by atoms with Crippen LogP contribution in [-0.2, 0) is 117 Å². The molecule has 6 heterocycles. The Balaban J connectivity index is 1.10. The molecule has 46 heteroatoms. The van der Waals surface area contributed by atoms with Crippen molar-refractivity contribution in [3.63, 3.8) is 0 Å². The van der Waals surface area contributed by atoms with Gasteiger partial charge in [0.05, 0.1) is 43.3 Å². The van der Waals surface area contributed by atoms with Crippen LogP contribution in [0.25, 0.3) is 21.8 Å². The molecule has 134 heavy (non-hydrogen) atoms. The molecule has 6 aromatic rings. The van der Waals surface area contributed by atoms with Gasteiger partial charge in [-0.05, 0) is 80.0 Å². The number of nitrogens with zero attached hydrogens (tertiary/aromatic N) is 6.